The number of rotatable bonds is 2. The molecule has 0 aromatic carbocycles. The third-order valence-electron chi connectivity index (χ3n) is 2.16. The fraction of sp³-hybridized carbons (Fsp3) is 0.714. The Labute approximate surface area is 81.1 Å². The van der Waals surface area contributed by atoms with Crippen LogP contribution in [0, 0.1) is 0 Å². The zero-order chi connectivity index (χ0) is 9.26. The second kappa shape index (κ2) is 3.55. The Morgan fingerprint density at radius 1 is 1.62 bits per heavy atom. The maximum Gasteiger partial charge on any atom is 0.222 e. The number of hydrogen-bond donors (Lipinski definition) is 2. The number of anilines is 1. The number of thioether (sulfide) groups is 1. The highest BCUT2D eigenvalue weighted by atomic mass is 32.2. The maximum atomic E-state index is 5.58. The largest absolute Gasteiger partial charge is 0.368 e. The first-order chi connectivity index (χ1) is 6.27. The van der Waals surface area contributed by atoms with E-state index >= 15 is 0 Å². The summed E-state index contributed by atoms with van der Waals surface area (Å²) in [5.74, 6) is 0.480. The normalized spacial score (nSPS) is 22.4. The Morgan fingerprint density at radius 3 is 3.00 bits per heavy atom. The summed E-state index contributed by atoms with van der Waals surface area (Å²) in [4.78, 5) is 0. The van der Waals surface area contributed by atoms with Gasteiger partial charge in [0.2, 0.25) is 5.95 Å². The summed E-state index contributed by atoms with van der Waals surface area (Å²) < 4.78 is 1.82. The highest BCUT2D eigenvalue weighted by Crippen LogP contribution is 2.25. The summed E-state index contributed by atoms with van der Waals surface area (Å²) >= 11 is 1.75. The summed E-state index contributed by atoms with van der Waals surface area (Å²) in [7, 11) is 1.89. The van der Waals surface area contributed by atoms with E-state index in [0.717, 1.165) is 18.2 Å². The standard InChI is InChI=1S/C7H13N5S/c1-12-6(8)10-11-7(12)13-5-2-3-9-4-5/h5,9H,2-4H2,1H3,(H2,8,10). The van der Waals surface area contributed by atoms with E-state index in [2.05, 4.69) is 15.5 Å². The van der Waals surface area contributed by atoms with Gasteiger partial charge in [-0.15, -0.1) is 10.2 Å². The van der Waals surface area contributed by atoms with Gasteiger partial charge in [-0.1, -0.05) is 11.8 Å². The van der Waals surface area contributed by atoms with E-state index < -0.39 is 0 Å². The van der Waals surface area contributed by atoms with Gasteiger partial charge < -0.3 is 11.1 Å². The van der Waals surface area contributed by atoms with Crippen LogP contribution in [0.3, 0.4) is 0 Å². The number of hydrogen-bond acceptors (Lipinski definition) is 5. The molecule has 1 aromatic rings. The molecule has 1 unspecified atom stereocenters. The molecule has 0 aliphatic carbocycles. The quantitative estimate of drug-likeness (QED) is 0.693. The molecule has 2 rings (SSSR count). The predicted octanol–water partition coefficient (Wildman–Crippen LogP) is -0.149. The van der Waals surface area contributed by atoms with E-state index in [1.807, 2.05) is 11.6 Å². The first kappa shape index (κ1) is 8.83. The highest BCUT2D eigenvalue weighted by Gasteiger charge is 2.18. The summed E-state index contributed by atoms with van der Waals surface area (Å²) in [6.07, 6.45) is 1.19. The van der Waals surface area contributed by atoms with Crippen molar-refractivity contribution in [2.75, 3.05) is 18.8 Å². The fourth-order valence-corrected chi connectivity index (χ4v) is 2.38. The van der Waals surface area contributed by atoms with Gasteiger partial charge in [-0.3, -0.25) is 4.57 Å². The molecule has 13 heavy (non-hydrogen) atoms. The van der Waals surface area contributed by atoms with Crippen molar-refractivity contribution in [2.24, 2.45) is 7.05 Å². The zero-order valence-electron chi connectivity index (χ0n) is 7.53. The molecule has 1 aliphatic rings. The first-order valence-corrected chi connectivity index (χ1v) is 5.17. The fourth-order valence-electron chi connectivity index (χ4n) is 1.31. The van der Waals surface area contributed by atoms with Gasteiger partial charge in [0.1, 0.15) is 0 Å². The summed E-state index contributed by atoms with van der Waals surface area (Å²) in [5, 5.41) is 12.6. The second-order valence-corrected chi connectivity index (χ2v) is 4.40. The molecule has 0 radical (unpaired) electrons. The number of nitrogen functional groups attached to an aromatic ring is 1. The smallest absolute Gasteiger partial charge is 0.222 e. The van der Waals surface area contributed by atoms with Crippen molar-refractivity contribution in [3.63, 3.8) is 0 Å². The van der Waals surface area contributed by atoms with E-state index in [1.165, 1.54) is 6.42 Å². The van der Waals surface area contributed by atoms with Crippen molar-refractivity contribution in [2.45, 2.75) is 16.8 Å². The van der Waals surface area contributed by atoms with Gasteiger partial charge in [0.15, 0.2) is 5.16 Å². The van der Waals surface area contributed by atoms with Gasteiger partial charge >= 0.3 is 0 Å². The molecule has 0 amide bonds. The molecule has 0 saturated carbocycles. The van der Waals surface area contributed by atoms with Crippen molar-refractivity contribution >= 4 is 17.7 Å². The Morgan fingerprint density at radius 2 is 2.46 bits per heavy atom. The van der Waals surface area contributed by atoms with E-state index in [9.17, 15) is 0 Å². The molecular formula is C7H13N5S. The monoisotopic (exact) mass is 199 g/mol. The van der Waals surface area contributed by atoms with Crippen LogP contribution in [-0.4, -0.2) is 33.1 Å². The van der Waals surface area contributed by atoms with Crippen LogP contribution >= 0.6 is 11.8 Å². The van der Waals surface area contributed by atoms with E-state index in [1.54, 1.807) is 11.8 Å². The minimum atomic E-state index is 0.480. The second-order valence-electron chi connectivity index (χ2n) is 3.13. The van der Waals surface area contributed by atoms with Gasteiger partial charge in [-0.25, -0.2) is 0 Å². The Balaban J connectivity index is 2.04. The molecule has 6 heteroatoms. The van der Waals surface area contributed by atoms with Crippen LogP contribution < -0.4 is 11.1 Å². The third kappa shape index (κ3) is 1.78. The lowest BCUT2D eigenvalue weighted by molar-refractivity contribution is 0.788. The van der Waals surface area contributed by atoms with Crippen LogP contribution in [0.1, 0.15) is 6.42 Å². The average Bonchev–Trinajstić information content (AvgIpc) is 2.71. The summed E-state index contributed by atoms with van der Waals surface area (Å²) in [6, 6.07) is 0. The van der Waals surface area contributed by atoms with Crippen LogP contribution in [0.4, 0.5) is 5.95 Å². The Bertz CT molecular complexity index is 291. The third-order valence-corrected chi connectivity index (χ3v) is 3.46. The zero-order valence-corrected chi connectivity index (χ0v) is 8.34. The van der Waals surface area contributed by atoms with E-state index in [4.69, 9.17) is 5.73 Å². The molecular weight excluding hydrogens is 186 g/mol. The van der Waals surface area contributed by atoms with E-state index in [-0.39, 0.29) is 0 Å². The van der Waals surface area contributed by atoms with Crippen molar-refractivity contribution in [3.8, 4) is 0 Å². The van der Waals surface area contributed by atoms with Crippen LogP contribution in [0.5, 0.6) is 0 Å². The molecule has 2 heterocycles. The van der Waals surface area contributed by atoms with Gasteiger partial charge in [-0.2, -0.15) is 0 Å². The lowest BCUT2D eigenvalue weighted by Crippen LogP contribution is -2.10. The molecule has 1 aliphatic heterocycles. The minimum Gasteiger partial charge on any atom is -0.368 e. The van der Waals surface area contributed by atoms with Gasteiger partial charge in [0.25, 0.3) is 0 Å². The van der Waals surface area contributed by atoms with Crippen LogP contribution in [0.25, 0.3) is 0 Å². The molecule has 0 spiro atoms. The SMILES string of the molecule is Cn1c(N)nnc1SC1CCNC1. The Kier molecular flexibility index (Phi) is 2.41. The molecule has 5 nitrogen and oxygen atoms in total. The van der Waals surface area contributed by atoms with Crippen LogP contribution in [-0.2, 0) is 7.05 Å². The maximum absolute atomic E-state index is 5.58. The van der Waals surface area contributed by atoms with E-state index in [0.29, 0.717) is 11.2 Å². The van der Waals surface area contributed by atoms with Crippen molar-refractivity contribution in [1.82, 2.24) is 20.1 Å². The van der Waals surface area contributed by atoms with Gasteiger partial charge in [-0.05, 0) is 13.0 Å². The molecule has 1 atom stereocenters. The Hall–Kier alpha value is -0.750. The van der Waals surface area contributed by atoms with Crippen LogP contribution in [0.15, 0.2) is 5.16 Å². The molecule has 1 saturated heterocycles. The lowest BCUT2D eigenvalue weighted by Gasteiger charge is -2.06. The molecule has 0 bridgehead atoms. The molecule has 1 aromatic heterocycles. The molecule has 1 fully saturated rings. The average molecular weight is 199 g/mol. The van der Waals surface area contributed by atoms with Crippen molar-refractivity contribution in [1.29, 1.82) is 0 Å². The number of nitrogens with zero attached hydrogens (tertiary/aromatic N) is 3. The first-order valence-electron chi connectivity index (χ1n) is 4.29. The minimum absolute atomic E-state index is 0.480. The van der Waals surface area contributed by atoms with Crippen molar-refractivity contribution in [3.05, 3.63) is 0 Å². The summed E-state index contributed by atoms with van der Waals surface area (Å²) in [5.41, 5.74) is 5.58. The van der Waals surface area contributed by atoms with Crippen LogP contribution in [0.2, 0.25) is 0 Å². The van der Waals surface area contributed by atoms with Gasteiger partial charge in [0, 0.05) is 18.8 Å². The topological polar surface area (TPSA) is 68.8 Å². The number of nitrogens with one attached hydrogen (secondary N) is 1. The highest BCUT2D eigenvalue weighted by molar-refractivity contribution is 7.99. The van der Waals surface area contributed by atoms with Crippen molar-refractivity contribution < 1.29 is 0 Å². The predicted molar refractivity (Wildman–Crippen MR) is 52.5 cm³/mol. The number of nitrogens with two attached hydrogens (primary N) is 1. The number of aromatic nitrogens is 3. The molecule has 72 valence electrons. The lowest BCUT2D eigenvalue weighted by atomic mass is 10.4. The van der Waals surface area contributed by atoms with Gasteiger partial charge in [0.05, 0.1) is 0 Å². The molecule has 3 N–H and O–H groups in total. The summed E-state index contributed by atoms with van der Waals surface area (Å²) in [6.45, 7) is 2.16.